The lowest BCUT2D eigenvalue weighted by atomic mass is 10.2. The van der Waals surface area contributed by atoms with Gasteiger partial charge in [-0.15, -0.1) is 5.10 Å². The first-order chi connectivity index (χ1) is 13.6. The van der Waals surface area contributed by atoms with Crippen LogP contribution in [0.25, 0.3) is 6.08 Å². The lowest BCUT2D eigenvalue weighted by molar-refractivity contribution is -0.116. The van der Waals surface area contributed by atoms with Crippen molar-refractivity contribution >= 4 is 35.0 Å². The van der Waals surface area contributed by atoms with Crippen molar-refractivity contribution in [3.8, 4) is 0 Å². The Morgan fingerprint density at radius 2 is 1.86 bits per heavy atom. The molecule has 142 valence electrons. The topological polar surface area (TPSA) is 83.9 Å². The summed E-state index contributed by atoms with van der Waals surface area (Å²) in [6.45, 7) is 0.596. The van der Waals surface area contributed by atoms with Gasteiger partial charge in [-0.2, -0.15) is 0 Å². The molecule has 2 aromatic carbocycles. The van der Waals surface area contributed by atoms with E-state index in [1.54, 1.807) is 17.0 Å². The molecule has 0 fully saturated rings. The number of nitrogens with one attached hydrogen (secondary N) is 3. The van der Waals surface area contributed by atoms with Gasteiger partial charge in [0, 0.05) is 11.8 Å². The van der Waals surface area contributed by atoms with E-state index in [0.29, 0.717) is 17.9 Å². The molecule has 0 bridgehead atoms. The van der Waals surface area contributed by atoms with Gasteiger partial charge >= 0.3 is 0 Å². The van der Waals surface area contributed by atoms with Crippen molar-refractivity contribution in [1.82, 2.24) is 25.8 Å². The van der Waals surface area contributed by atoms with Crippen LogP contribution < -0.4 is 16.2 Å². The highest BCUT2D eigenvalue weighted by Gasteiger charge is 2.02. The van der Waals surface area contributed by atoms with E-state index in [0.717, 1.165) is 5.56 Å². The van der Waals surface area contributed by atoms with Gasteiger partial charge in [-0.1, -0.05) is 35.5 Å². The maximum atomic E-state index is 12.9. The maximum Gasteiger partial charge on any atom is 0.262 e. The van der Waals surface area contributed by atoms with Gasteiger partial charge in [-0.3, -0.25) is 15.6 Å². The van der Waals surface area contributed by atoms with E-state index >= 15 is 0 Å². The molecule has 0 unspecified atom stereocenters. The number of nitrogens with zero attached hydrogens (tertiary/aromatic N) is 3. The van der Waals surface area contributed by atoms with E-state index in [1.165, 1.54) is 30.3 Å². The van der Waals surface area contributed by atoms with Crippen molar-refractivity contribution < 1.29 is 9.18 Å². The summed E-state index contributed by atoms with van der Waals surface area (Å²) in [5, 5.41) is 11.0. The third-order valence-corrected chi connectivity index (χ3v) is 3.75. The number of amides is 1. The molecule has 3 N–H and O–H groups in total. The minimum absolute atomic E-state index is 0.169. The summed E-state index contributed by atoms with van der Waals surface area (Å²) in [4.78, 5) is 11.9. The molecule has 0 atom stereocenters. The normalized spacial score (nSPS) is 10.6. The third kappa shape index (κ3) is 5.99. The molecule has 0 aliphatic heterocycles. The van der Waals surface area contributed by atoms with Gasteiger partial charge in [0.2, 0.25) is 0 Å². The average molecular weight is 396 g/mol. The van der Waals surface area contributed by atoms with Gasteiger partial charge < -0.3 is 5.32 Å². The van der Waals surface area contributed by atoms with Crippen molar-refractivity contribution in [2.45, 2.75) is 6.54 Å². The zero-order valence-corrected chi connectivity index (χ0v) is 15.5. The molecule has 0 saturated carbocycles. The number of benzene rings is 2. The first-order valence-corrected chi connectivity index (χ1v) is 8.74. The highest BCUT2D eigenvalue weighted by molar-refractivity contribution is 7.80. The number of hydrogen-bond acceptors (Lipinski definition) is 4. The zero-order chi connectivity index (χ0) is 19.8. The number of halogens is 1. The third-order valence-electron chi connectivity index (χ3n) is 3.55. The van der Waals surface area contributed by atoms with E-state index in [-0.39, 0.29) is 10.9 Å². The number of carbonyl (C=O) groups excluding carboxylic acids is 1. The fraction of sp³-hybridized carbons (Fsp3) is 0.0526. The molecular formula is C19H17FN6OS. The lowest BCUT2D eigenvalue weighted by Crippen LogP contribution is -2.43. The Labute approximate surface area is 166 Å². The predicted molar refractivity (Wildman–Crippen MR) is 108 cm³/mol. The van der Waals surface area contributed by atoms with Gasteiger partial charge in [-0.05, 0) is 48.1 Å². The molecule has 0 spiro atoms. The molecule has 3 rings (SSSR count). The standard InChI is InChI=1S/C19H17FN6OS/c20-15-6-8-16(9-7-15)21-19(28)24-23-18(27)11-10-17-13-26(25-22-17)12-14-4-2-1-3-5-14/h1-11,13H,12H2,(H,23,27)(H2,21,24,28)/b11-10+. The summed E-state index contributed by atoms with van der Waals surface area (Å²) >= 11 is 5.05. The molecule has 28 heavy (non-hydrogen) atoms. The number of rotatable bonds is 5. The minimum Gasteiger partial charge on any atom is -0.331 e. The number of anilines is 1. The van der Waals surface area contributed by atoms with Crippen LogP contribution in [0.15, 0.2) is 66.9 Å². The molecule has 0 saturated heterocycles. The molecule has 0 radical (unpaired) electrons. The second-order valence-corrected chi connectivity index (χ2v) is 6.14. The summed E-state index contributed by atoms with van der Waals surface area (Å²) in [7, 11) is 0. The first-order valence-electron chi connectivity index (χ1n) is 8.33. The number of hydrazine groups is 1. The molecular weight excluding hydrogens is 379 g/mol. The predicted octanol–water partition coefficient (Wildman–Crippen LogP) is 2.50. The maximum absolute atomic E-state index is 12.9. The van der Waals surface area contributed by atoms with E-state index in [4.69, 9.17) is 12.2 Å². The Kier molecular flexibility index (Phi) is 6.42. The minimum atomic E-state index is -0.416. The van der Waals surface area contributed by atoms with E-state index < -0.39 is 5.91 Å². The molecule has 0 aliphatic carbocycles. The van der Waals surface area contributed by atoms with Crippen molar-refractivity contribution in [2.24, 2.45) is 0 Å². The molecule has 7 nitrogen and oxygen atoms in total. The fourth-order valence-corrected chi connectivity index (χ4v) is 2.42. The van der Waals surface area contributed by atoms with E-state index in [1.807, 2.05) is 30.3 Å². The van der Waals surface area contributed by atoms with Crippen LogP contribution in [-0.4, -0.2) is 26.0 Å². The van der Waals surface area contributed by atoms with Crippen molar-refractivity contribution in [1.29, 1.82) is 0 Å². The van der Waals surface area contributed by atoms with E-state index in [2.05, 4.69) is 26.5 Å². The smallest absolute Gasteiger partial charge is 0.262 e. The van der Waals surface area contributed by atoms with Crippen molar-refractivity contribution in [2.75, 3.05) is 5.32 Å². The Morgan fingerprint density at radius 1 is 1.11 bits per heavy atom. The van der Waals surface area contributed by atoms with Crippen LogP contribution in [0.1, 0.15) is 11.3 Å². The Hall–Kier alpha value is -3.59. The average Bonchev–Trinajstić information content (AvgIpc) is 3.15. The first kappa shape index (κ1) is 19.2. The Bertz CT molecular complexity index is 972. The second-order valence-electron chi connectivity index (χ2n) is 5.74. The quantitative estimate of drug-likeness (QED) is 0.349. The summed E-state index contributed by atoms with van der Waals surface area (Å²) in [6.07, 6.45) is 4.59. The molecule has 0 aliphatic rings. The van der Waals surface area contributed by atoms with Gasteiger partial charge in [-0.25, -0.2) is 9.07 Å². The Balaban J connectivity index is 1.44. The molecule has 1 amide bonds. The van der Waals surface area contributed by atoms with Crippen LogP contribution in [0.4, 0.5) is 10.1 Å². The molecule has 9 heteroatoms. The summed E-state index contributed by atoms with van der Waals surface area (Å²) in [6, 6.07) is 15.5. The summed E-state index contributed by atoms with van der Waals surface area (Å²) in [5.74, 6) is -0.760. The largest absolute Gasteiger partial charge is 0.331 e. The fourth-order valence-electron chi connectivity index (χ4n) is 2.25. The summed E-state index contributed by atoms with van der Waals surface area (Å²) in [5.41, 5.74) is 7.23. The van der Waals surface area contributed by atoms with Crippen molar-refractivity contribution in [3.05, 3.63) is 83.9 Å². The number of thiocarbonyl (C=S) groups is 1. The molecule has 1 heterocycles. The van der Waals surface area contributed by atoms with Crippen molar-refractivity contribution in [3.63, 3.8) is 0 Å². The van der Waals surface area contributed by atoms with Crippen LogP contribution in [0.3, 0.4) is 0 Å². The van der Waals surface area contributed by atoms with E-state index in [9.17, 15) is 9.18 Å². The Morgan fingerprint density at radius 3 is 2.61 bits per heavy atom. The molecule has 3 aromatic rings. The highest BCUT2D eigenvalue weighted by atomic mass is 32.1. The summed E-state index contributed by atoms with van der Waals surface area (Å²) < 4.78 is 14.5. The van der Waals surface area contributed by atoms with Crippen LogP contribution in [0.2, 0.25) is 0 Å². The second kappa shape index (κ2) is 9.38. The SMILES string of the molecule is O=C(/C=C/c1cn(Cc2ccccc2)nn1)NNC(=S)Nc1ccc(F)cc1. The number of carbonyl (C=O) groups is 1. The highest BCUT2D eigenvalue weighted by Crippen LogP contribution is 2.07. The van der Waals surface area contributed by atoms with Gasteiger partial charge in [0.15, 0.2) is 5.11 Å². The van der Waals surface area contributed by atoms with Gasteiger partial charge in [0.25, 0.3) is 5.91 Å². The number of aromatic nitrogens is 3. The van der Waals surface area contributed by atoms with Crippen LogP contribution in [0.5, 0.6) is 0 Å². The number of hydrogen-bond donors (Lipinski definition) is 3. The lowest BCUT2D eigenvalue weighted by Gasteiger charge is -2.10. The van der Waals surface area contributed by atoms with Crippen LogP contribution >= 0.6 is 12.2 Å². The zero-order valence-electron chi connectivity index (χ0n) is 14.7. The van der Waals surface area contributed by atoms with Gasteiger partial charge in [0.1, 0.15) is 11.5 Å². The molecule has 1 aromatic heterocycles. The van der Waals surface area contributed by atoms with Gasteiger partial charge in [0.05, 0.1) is 12.7 Å². The van der Waals surface area contributed by atoms with Crippen LogP contribution in [-0.2, 0) is 11.3 Å². The monoisotopic (exact) mass is 396 g/mol. The van der Waals surface area contributed by atoms with Crippen LogP contribution in [0, 0.1) is 5.82 Å².